The molecule has 0 saturated heterocycles. The second kappa shape index (κ2) is 3.65. The smallest absolute Gasteiger partial charge is 0.478 e. The molecule has 0 unspecified atom stereocenters. The van der Waals surface area contributed by atoms with Gasteiger partial charge in [0.1, 0.15) is 11.4 Å². The summed E-state index contributed by atoms with van der Waals surface area (Å²) in [5.74, 6) is -1.82. The Labute approximate surface area is 91.8 Å². The molecule has 0 saturated carbocycles. The number of pyridine rings is 1. The van der Waals surface area contributed by atoms with Gasteiger partial charge in [-0.2, -0.15) is 0 Å². The number of halogens is 3. The fourth-order valence-electron chi connectivity index (χ4n) is 1.35. The predicted molar refractivity (Wildman–Crippen MR) is 49.7 cm³/mol. The maximum absolute atomic E-state index is 12.0. The number of aromatic nitrogens is 2. The van der Waals surface area contributed by atoms with Crippen LogP contribution in [0.25, 0.3) is 11.0 Å². The second-order valence-electron chi connectivity index (χ2n) is 3.12. The number of carboxylic acid groups (broad SMARTS) is 1. The van der Waals surface area contributed by atoms with Crippen LogP contribution in [0.2, 0.25) is 0 Å². The van der Waals surface area contributed by atoms with Crippen molar-refractivity contribution in [2.75, 3.05) is 0 Å². The van der Waals surface area contributed by atoms with E-state index in [1.165, 1.54) is 0 Å². The summed E-state index contributed by atoms with van der Waals surface area (Å²) in [4.78, 5) is 16.9. The fourth-order valence-corrected chi connectivity index (χ4v) is 1.35. The number of fused-ring (bicyclic) bond motifs is 1. The summed E-state index contributed by atoms with van der Waals surface area (Å²) >= 11 is 0. The molecule has 90 valence electrons. The summed E-state index contributed by atoms with van der Waals surface area (Å²) in [6, 6.07) is 0.968. The minimum atomic E-state index is -4.84. The number of hydrogen-bond acceptors (Lipinski definition) is 3. The molecule has 2 rings (SSSR count). The van der Waals surface area contributed by atoms with Gasteiger partial charge in [-0.1, -0.05) is 0 Å². The molecule has 0 spiro atoms. The van der Waals surface area contributed by atoms with Crippen LogP contribution in [0, 0.1) is 0 Å². The highest BCUT2D eigenvalue weighted by molar-refractivity contribution is 6.02. The minimum Gasteiger partial charge on any atom is -0.478 e. The van der Waals surface area contributed by atoms with E-state index in [9.17, 15) is 18.0 Å². The van der Waals surface area contributed by atoms with Gasteiger partial charge in [-0.3, -0.25) is 0 Å². The normalized spacial score (nSPS) is 11.7. The van der Waals surface area contributed by atoms with E-state index in [0.717, 1.165) is 18.5 Å². The molecule has 0 aromatic carbocycles. The summed E-state index contributed by atoms with van der Waals surface area (Å²) in [5.41, 5.74) is 0.0112. The van der Waals surface area contributed by atoms with E-state index < -0.39 is 18.1 Å². The molecule has 0 atom stereocenters. The Balaban J connectivity index is 2.48. The lowest BCUT2D eigenvalue weighted by Crippen LogP contribution is -2.17. The van der Waals surface area contributed by atoms with Crippen LogP contribution in [0.4, 0.5) is 13.2 Å². The van der Waals surface area contributed by atoms with Crippen molar-refractivity contribution < 1.29 is 27.8 Å². The van der Waals surface area contributed by atoms with Gasteiger partial charge in [-0.05, 0) is 6.07 Å². The number of ether oxygens (including phenoxy) is 1. The molecule has 8 heteroatoms. The van der Waals surface area contributed by atoms with Gasteiger partial charge in [0.15, 0.2) is 0 Å². The summed E-state index contributed by atoms with van der Waals surface area (Å²) in [7, 11) is 0. The summed E-state index contributed by atoms with van der Waals surface area (Å²) in [6.07, 6.45) is -2.83. The zero-order valence-corrected chi connectivity index (χ0v) is 8.08. The number of carbonyl (C=O) groups is 1. The molecule has 0 radical (unpaired) electrons. The van der Waals surface area contributed by atoms with Crippen LogP contribution in [0.1, 0.15) is 10.4 Å². The lowest BCUT2D eigenvalue weighted by molar-refractivity contribution is -0.274. The van der Waals surface area contributed by atoms with Crippen LogP contribution >= 0.6 is 0 Å². The number of hydrogen-bond donors (Lipinski definition) is 2. The van der Waals surface area contributed by atoms with Gasteiger partial charge in [0.25, 0.3) is 0 Å². The van der Waals surface area contributed by atoms with E-state index in [1.54, 1.807) is 0 Å². The van der Waals surface area contributed by atoms with Crippen molar-refractivity contribution >= 4 is 17.0 Å². The number of carboxylic acids is 1. The van der Waals surface area contributed by atoms with E-state index in [4.69, 9.17) is 5.11 Å². The van der Waals surface area contributed by atoms with Crippen LogP contribution in [-0.4, -0.2) is 27.4 Å². The van der Waals surface area contributed by atoms with E-state index >= 15 is 0 Å². The topological polar surface area (TPSA) is 75.2 Å². The van der Waals surface area contributed by atoms with Gasteiger partial charge in [-0.15, -0.1) is 13.2 Å². The van der Waals surface area contributed by atoms with Crippen LogP contribution in [-0.2, 0) is 0 Å². The maximum atomic E-state index is 12.0. The van der Waals surface area contributed by atoms with Crippen molar-refractivity contribution in [3.63, 3.8) is 0 Å². The fraction of sp³-hybridized carbons (Fsp3) is 0.111. The van der Waals surface area contributed by atoms with Crippen molar-refractivity contribution in [2.45, 2.75) is 6.36 Å². The number of alkyl halides is 3. The quantitative estimate of drug-likeness (QED) is 0.851. The third kappa shape index (κ3) is 2.30. The highest BCUT2D eigenvalue weighted by atomic mass is 19.4. The van der Waals surface area contributed by atoms with Gasteiger partial charge in [0, 0.05) is 11.6 Å². The number of aromatic carboxylic acids is 1. The van der Waals surface area contributed by atoms with Crippen molar-refractivity contribution in [1.82, 2.24) is 9.97 Å². The molecule has 17 heavy (non-hydrogen) atoms. The van der Waals surface area contributed by atoms with Crippen LogP contribution in [0.3, 0.4) is 0 Å². The van der Waals surface area contributed by atoms with Gasteiger partial charge in [-0.25, -0.2) is 9.78 Å². The molecule has 2 aromatic rings. The average Bonchev–Trinajstić information content (AvgIpc) is 2.57. The zero-order chi connectivity index (χ0) is 12.6. The average molecular weight is 246 g/mol. The first-order chi connectivity index (χ1) is 7.87. The third-order valence-corrected chi connectivity index (χ3v) is 1.97. The third-order valence-electron chi connectivity index (χ3n) is 1.97. The standard InChI is InChI=1S/C9H5F3N2O3/c10-9(11,12)17-4-1-5-6(8(15)16)3-14-7(5)13-2-4/h1-3H,(H,13,14)(H,15,16). The Bertz CT molecular complexity index is 576. The monoisotopic (exact) mass is 246 g/mol. The van der Waals surface area contributed by atoms with Crippen molar-refractivity contribution in [3.8, 4) is 5.75 Å². The Hall–Kier alpha value is -2.25. The molecule has 0 fully saturated rings. The molecule has 2 heterocycles. The minimum absolute atomic E-state index is 0.0549. The Kier molecular flexibility index (Phi) is 2.41. The number of nitrogens with one attached hydrogen (secondary N) is 1. The highest BCUT2D eigenvalue weighted by Crippen LogP contribution is 2.26. The first-order valence-electron chi connectivity index (χ1n) is 4.33. The summed E-state index contributed by atoms with van der Waals surface area (Å²) in [5, 5.41) is 8.84. The summed E-state index contributed by atoms with van der Waals surface area (Å²) < 4.78 is 39.5. The van der Waals surface area contributed by atoms with Crippen molar-refractivity contribution in [2.24, 2.45) is 0 Å². The molecule has 0 aliphatic heterocycles. The largest absolute Gasteiger partial charge is 0.573 e. The number of nitrogens with zero attached hydrogens (tertiary/aromatic N) is 1. The number of aromatic amines is 1. The Morgan fingerprint density at radius 1 is 1.47 bits per heavy atom. The predicted octanol–water partition coefficient (Wildman–Crippen LogP) is 2.16. The molecule has 0 aliphatic rings. The molecular weight excluding hydrogens is 241 g/mol. The van der Waals surface area contributed by atoms with E-state index in [-0.39, 0.29) is 16.6 Å². The highest BCUT2D eigenvalue weighted by Gasteiger charge is 2.31. The molecule has 0 bridgehead atoms. The second-order valence-corrected chi connectivity index (χ2v) is 3.12. The lowest BCUT2D eigenvalue weighted by atomic mass is 10.2. The van der Waals surface area contributed by atoms with Gasteiger partial charge in [0.2, 0.25) is 0 Å². The SMILES string of the molecule is O=C(O)c1c[nH]c2ncc(OC(F)(F)F)cc12. The van der Waals surface area contributed by atoms with Crippen LogP contribution in [0.15, 0.2) is 18.5 Å². The van der Waals surface area contributed by atoms with Gasteiger partial charge < -0.3 is 14.8 Å². The lowest BCUT2D eigenvalue weighted by Gasteiger charge is -2.07. The molecular formula is C9H5F3N2O3. The number of H-pyrrole nitrogens is 1. The van der Waals surface area contributed by atoms with Crippen LogP contribution < -0.4 is 4.74 Å². The maximum Gasteiger partial charge on any atom is 0.573 e. The van der Waals surface area contributed by atoms with Crippen molar-refractivity contribution in [3.05, 3.63) is 24.0 Å². The molecule has 5 nitrogen and oxygen atoms in total. The van der Waals surface area contributed by atoms with Crippen molar-refractivity contribution in [1.29, 1.82) is 0 Å². The molecule has 2 aromatic heterocycles. The van der Waals surface area contributed by atoms with E-state index in [0.29, 0.717) is 0 Å². The Morgan fingerprint density at radius 2 is 2.18 bits per heavy atom. The number of rotatable bonds is 2. The van der Waals surface area contributed by atoms with Gasteiger partial charge in [0.05, 0.1) is 11.8 Å². The van der Waals surface area contributed by atoms with E-state index in [2.05, 4.69) is 14.7 Å². The molecule has 0 aliphatic carbocycles. The summed E-state index contributed by atoms with van der Waals surface area (Å²) in [6.45, 7) is 0. The van der Waals surface area contributed by atoms with Crippen LogP contribution in [0.5, 0.6) is 5.75 Å². The van der Waals surface area contributed by atoms with E-state index in [1.807, 2.05) is 0 Å². The zero-order valence-electron chi connectivity index (χ0n) is 8.08. The molecule has 2 N–H and O–H groups in total. The first kappa shape index (κ1) is 11.2. The first-order valence-corrected chi connectivity index (χ1v) is 4.33. The molecule has 0 amide bonds. The Morgan fingerprint density at radius 3 is 2.76 bits per heavy atom. The van der Waals surface area contributed by atoms with Gasteiger partial charge >= 0.3 is 12.3 Å².